The summed E-state index contributed by atoms with van der Waals surface area (Å²) in [5.41, 5.74) is 0.181. The fraction of sp³-hybridized carbons (Fsp3) is 0.933. The Morgan fingerprint density at radius 2 is 2.00 bits per heavy atom. The predicted molar refractivity (Wildman–Crippen MR) is 77.9 cm³/mol. The zero-order valence-electron chi connectivity index (χ0n) is 11.9. The summed E-state index contributed by atoms with van der Waals surface area (Å²) in [6, 6.07) is 0. The van der Waals surface area contributed by atoms with E-state index in [2.05, 4.69) is 19.2 Å². The van der Waals surface area contributed by atoms with Crippen molar-refractivity contribution < 1.29 is 4.79 Å². The molecule has 1 unspecified atom stereocenters. The van der Waals surface area contributed by atoms with Crippen molar-refractivity contribution in [2.24, 2.45) is 11.3 Å². The Hall–Kier alpha value is -0.240. The molecule has 0 heterocycles. The Morgan fingerprint density at radius 1 is 1.33 bits per heavy atom. The van der Waals surface area contributed by atoms with Gasteiger partial charge in [-0.3, -0.25) is 4.79 Å². The molecule has 1 N–H and O–H groups in total. The smallest absolute Gasteiger partial charge is 0.223 e. The topological polar surface area (TPSA) is 29.1 Å². The lowest BCUT2D eigenvalue weighted by Gasteiger charge is -2.27. The quantitative estimate of drug-likeness (QED) is 0.662. The predicted octanol–water partition coefficient (Wildman–Crippen LogP) is 4.12. The van der Waals surface area contributed by atoms with E-state index >= 15 is 0 Å². The standard InChI is InChI=1S/C15H28ClNO/c1-3-5-8-13(4-2)14(18)17-12-15(11-16)9-6-7-10-15/h13H,3-12H2,1-2H3,(H,17,18). The molecule has 0 aromatic rings. The maximum absolute atomic E-state index is 12.1. The highest BCUT2D eigenvalue weighted by atomic mass is 35.5. The molecule has 0 saturated heterocycles. The number of hydrogen-bond acceptors (Lipinski definition) is 1. The van der Waals surface area contributed by atoms with Crippen molar-refractivity contribution in [1.82, 2.24) is 5.32 Å². The number of hydrogen-bond donors (Lipinski definition) is 1. The number of amides is 1. The van der Waals surface area contributed by atoms with Crippen molar-refractivity contribution in [3.05, 3.63) is 0 Å². The van der Waals surface area contributed by atoms with Crippen LogP contribution in [0.2, 0.25) is 0 Å². The fourth-order valence-corrected chi connectivity index (χ4v) is 3.23. The normalized spacial score (nSPS) is 19.7. The average molecular weight is 274 g/mol. The molecule has 2 nitrogen and oxygen atoms in total. The van der Waals surface area contributed by atoms with E-state index < -0.39 is 0 Å². The first-order valence-electron chi connectivity index (χ1n) is 7.51. The van der Waals surface area contributed by atoms with Crippen LogP contribution in [0, 0.1) is 11.3 Å². The summed E-state index contributed by atoms with van der Waals surface area (Å²) in [7, 11) is 0. The van der Waals surface area contributed by atoms with Gasteiger partial charge in [0.05, 0.1) is 0 Å². The van der Waals surface area contributed by atoms with Crippen LogP contribution in [0.15, 0.2) is 0 Å². The molecule has 0 spiro atoms. The van der Waals surface area contributed by atoms with Crippen molar-refractivity contribution in [3.8, 4) is 0 Å². The van der Waals surface area contributed by atoms with E-state index in [4.69, 9.17) is 11.6 Å². The van der Waals surface area contributed by atoms with Crippen molar-refractivity contribution >= 4 is 17.5 Å². The van der Waals surface area contributed by atoms with Gasteiger partial charge in [-0.1, -0.05) is 39.5 Å². The van der Waals surface area contributed by atoms with Crippen molar-refractivity contribution in [2.75, 3.05) is 12.4 Å². The molecule has 1 rings (SSSR count). The third kappa shape index (κ3) is 4.46. The highest BCUT2D eigenvalue weighted by molar-refractivity contribution is 6.18. The molecule has 1 fully saturated rings. The van der Waals surface area contributed by atoms with E-state index in [-0.39, 0.29) is 17.2 Å². The van der Waals surface area contributed by atoms with Crippen LogP contribution in [0.4, 0.5) is 0 Å². The van der Waals surface area contributed by atoms with Crippen molar-refractivity contribution in [3.63, 3.8) is 0 Å². The molecular weight excluding hydrogens is 246 g/mol. The lowest BCUT2D eigenvalue weighted by Crippen LogP contribution is -2.40. The highest BCUT2D eigenvalue weighted by Crippen LogP contribution is 2.38. The molecule has 3 heteroatoms. The Morgan fingerprint density at radius 3 is 2.50 bits per heavy atom. The number of carbonyl (C=O) groups is 1. The minimum atomic E-state index is 0.181. The summed E-state index contributed by atoms with van der Waals surface area (Å²) in [5, 5.41) is 3.15. The summed E-state index contributed by atoms with van der Waals surface area (Å²) < 4.78 is 0. The van der Waals surface area contributed by atoms with Gasteiger partial charge in [0.25, 0.3) is 0 Å². The molecule has 1 atom stereocenters. The number of unbranched alkanes of at least 4 members (excludes halogenated alkanes) is 1. The van der Waals surface area contributed by atoms with E-state index in [0.717, 1.165) is 32.2 Å². The van der Waals surface area contributed by atoms with Crippen LogP contribution in [-0.4, -0.2) is 18.3 Å². The third-order valence-electron chi connectivity index (χ3n) is 4.36. The minimum absolute atomic E-state index is 0.181. The van der Waals surface area contributed by atoms with E-state index in [9.17, 15) is 4.79 Å². The molecule has 106 valence electrons. The maximum Gasteiger partial charge on any atom is 0.223 e. The maximum atomic E-state index is 12.1. The Balaban J connectivity index is 2.38. The van der Waals surface area contributed by atoms with Gasteiger partial charge in [0, 0.05) is 23.8 Å². The lowest BCUT2D eigenvalue weighted by atomic mass is 9.88. The minimum Gasteiger partial charge on any atom is -0.355 e. The van der Waals surface area contributed by atoms with Gasteiger partial charge >= 0.3 is 0 Å². The largest absolute Gasteiger partial charge is 0.355 e. The second-order valence-electron chi connectivity index (χ2n) is 5.81. The molecular formula is C15H28ClNO. The van der Waals surface area contributed by atoms with Crippen LogP contribution < -0.4 is 5.32 Å². The van der Waals surface area contributed by atoms with Gasteiger partial charge in [-0.15, -0.1) is 11.6 Å². The molecule has 0 radical (unpaired) electrons. The molecule has 18 heavy (non-hydrogen) atoms. The number of halogens is 1. The van der Waals surface area contributed by atoms with E-state index in [1.165, 1.54) is 25.7 Å². The first-order valence-corrected chi connectivity index (χ1v) is 8.04. The van der Waals surface area contributed by atoms with Gasteiger partial charge in [-0.25, -0.2) is 0 Å². The Bertz CT molecular complexity index is 249. The molecule has 0 aliphatic heterocycles. The van der Waals surface area contributed by atoms with E-state index in [1.54, 1.807) is 0 Å². The van der Waals surface area contributed by atoms with Crippen LogP contribution in [0.1, 0.15) is 65.2 Å². The van der Waals surface area contributed by atoms with E-state index in [1.807, 2.05) is 0 Å². The number of alkyl halides is 1. The fourth-order valence-electron chi connectivity index (χ4n) is 2.87. The molecule has 0 aromatic carbocycles. The van der Waals surface area contributed by atoms with Gasteiger partial charge in [0.1, 0.15) is 0 Å². The van der Waals surface area contributed by atoms with Gasteiger partial charge in [-0.2, -0.15) is 0 Å². The molecule has 1 aliphatic carbocycles. The van der Waals surface area contributed by atoms with Crippen molar-refractivity contribution in [2.45, 2.75) is 65.2 Å². The third-order valence-corrected chi connectivity index (χ3v) is 4.92. The number of rotatable bonds is 8. The first-order chi connectivity index (χ1) is 8.67. The van der Waals surface area contributed by atoms with Gasteiger partial charge < -0.3 is 5.32 Å². The highest BCUT2D eigenvalue weighted by Gasteiger charge is 2.33. The Labute approximate surface area is 117 Å². The Kier molecular flexibility index (Phi) is 7.06. The molecule has 1 amide bonds. The average Bonchev–Trinajstić information content (AvgIpc) is 2.87. The summed E-state index contributed by atoms with van der Waals surface area (Å²) in [4.78, 5) is 12.1. The van der Waals surface area contributed by atoms with Crippen molar-refractivity contribution in [1.29, 1.82) is 0 Å². The molecule has 0 aromatic heterocycles. The zero-order valence-corrected chi connectivity index (χ0v) is 12.7. The lowest BCUT2D eigenvalue weighted by molar-refractivity contribution is -0.125. The number of nitrogens with one attached hydrogen (secondary N) is 1. The zero-order chi connectivity index (χ0) is 13.4. The SMILES string of the molecule is CCCCC(CC)C(=O)NCC1(CCl)CCCC1. The summed E-state index contributed by atoms with van der Waals surface area (Å²) in [6.45, 7) is 5.05. The van der Waals surface area contributed by atoms with Crippen LogP contribution in [0.5, 0.6) is 0 Å². The van der Waals surface area contributed by atoms with Crippen LogP contribution in [-0.2, 0) is 4.79 Å². The summed E-state index contributed by atoms with van der Waals surface area (Å²) in [6.07, 6.45) is 9.13. The monoisotopic (exact) mass is 273 g/mol. The summed E-state index contributed by atoms with van der Waals surface area (Å²) >= 11 is 6.09. The molecule has 1 saturated carbocycles. The second kappa shape index (κ2) is 8.04. The van der Waals surface area contributed by atoms with E-state index in [0.29, 0.717) is 5.88 Å². The second-order valence-corrected chi connectivity index (χ2v) is 6.07. The first kappa shape index (κ1) is 15.8. The molecule has 1 aliphatic rings. The van der Waals surface area contributed by atoms with Gasteiger partial charge in [0.15, 0.2) is 0 Å². The number of carbonyl (C=O) groups excluding carboxylic acids is 1. The summed E-state index contributed by atoms with van der Waals surface area (Å²) in [5.74, 6) is 1.11. The molecule has 0 bridgehead atoms. The van der Waals surface area contributed by atoms with Gasteiger partial charge in [-0.05, 0) is 25.7 Å². The van der Waals surface area contributed by atoms with Crippen LogP contribution >= 0.6 is 11.6 Å². The van der Waals surface area contributed by atoms with Crippen LogP contribution in [0.3, 0.4) is 0 Å². The van der Waals surface area contributed by atoms with Crippen LogP contribution in [0.25, 0.3) is 0 Å². The van der Waals surface area contributed by atoms with Gasteiger partial charge in [0.2, 0.25) is 5.91 Å².